The van der Waals surface area contributed by atoms with Crippen molar-refractivity contribution in [1.82, 2.24) is 0 Å². The van der Waals surface area contributed by atoms with E-state index in [1.54, 1.807) is 0 Å². The summed E-state index contributed by atoms with van der Waals surface area (Å²) in [6.45, 7) is 6.65. The number of carbonyl (C=O) groups is 3. The van der Waals surface area contributed by atoms with Crippen molar-refractivity contribution in [3.8, 4) is 0 Å². The zero-order chi connectivity index (χ0) is 59.2. The summed E-state index contributed by atoms with van der Waals surface area (Å²) in [6.07, 6.45) is 87.6. The van der Waals surface area contributed by atoms with E-state index in [0.29, 0.717) is 19.3 Å². The monoisotopic (exact) mass is 1160 g/mol. The molecule has 0 heterocycles. The minimum atomic E-state index is -0.763. The Bertz CT molecular complexity index is 1280. The van der Waals surface area contributed by atoms with Crippen LogP contribution in [-0.4, -0.2) is 37.2 Å². The molecule has 0 fully saturated rings. The van der Waals surface area contributed by atoms with E-state index in [1.807, 2.05) is 0 Å². The van der Waals surface area contributed by atoms with Crippen molar-refractivity contribution in [3.63, 3.8) is 0 Å². The number of unbranched alkanes of at least 4 members (excludes halogenated alkanes) is 58. The second kappa shape index (κ2) is 71.6. The Labute approximate surface area is 513 Å². The lowest BCUT2D eigenvalue weighted by Gasteiger charge is -2.18. The third kappa shape index (κ3) is 68.9. The van der Waals surface area contributed by atoms with Crippen LogP contribution in [0.3, 0.4) is 0 Å². The van der Waals surface area contributed by atoms with Crippen LogP contribution in [0.5, 0.6) is 0 Å². The lowest BCUT2D eigenvalue weighted by molar-refractivity contribution is -0.167. The lowest BCUT2D eigenvalue weighted by atomic mass is 10.0. The molecule has 0 bridgehead atoms. The molecule has 0 N–H and O–H groups in total. The molecule has 1 atom stereocenters. The Morgan fingerprint density at radius 3 is 0.610 bits per heavy atom. The molecule has 0 aromatic heterocycles. The molecule has 0 aromatic rings. The van der Waals surface area contributed by atoms with E-state index >= 15 is 0 Å². The van der Waals surface area contributed by atoms with Crippen LogP contribution in [0, 0.1) is 0 Å². The highest BCUT2D eigenvalue weighted by Crippen LogP contribution is 2.20. The summed E-state index contributed by atoms with van der Waals surface area (Å²) in [5.74, 6) is -0.844. The standard InChI is InChI=1S/C76H146O6/c1-4-7-10-13-15-17-19-21-23-25-27-29-31-33-35-37-38-39-41-42-44-46-48-50-52-54-56-58-60-63-66-69-75(78)81-72-73(71-80-74(77)68-65-62-12-9-6-3)82-76(79)70-67-64-61-59-57-55-53-51-49-47-45-43-40-36-34-32-30-28-26-24-22-20-18-16-14-11-8-5-2/h25,27,73H,4-24,26,28-72H2,1-3H3/b27-25-. The number of hydrogen-bond acceptors (Lipinski definition) is 6. The van der Waals surface area contributed by atoms with Gasteiger partial charge >= 0.3 is 17.9 Å². The van der Waals surface area contributed by atoms with E-state index in [9.17, 15) is 14.4 Å². The molecule has 0 spiro atoms. The molecule has 6 heteroatoms. The number of carbonyl (C=O) groups excluding carboxylic acids is 3. The van der Waals surface area contributed by atoms with Crippen LogP contribution >= 0.6 is 0 Å². The first-order valence-electron chi connectivity index (χ1n) is 37.7. The van der Waals surface area contributed by atoms with Gasteiger partial charge in [-0.15, -0.1) is 0 Å². The van der Waals surface area contributed by atoms with Crippen molar-refractivity contribution >= 4 is 17.9 Å². The SMILES string of the molecule is CCCCCCCCCC/C=C\CCCCCCCCCCCCCCCCCCCCCC(=O)OCC(COC(=O)CCCCCCC)OC(=O)CCCCCCCCCCCCCCCCCCCCCCCCCCCCCC. The summed E-state index contributed by atoms with van der Waals surface area (Å²) in [4.78, 5) is 38.1. The second-order valence-corrected chi connectivity index (χ2v) is 25.9. The van der Waals surface area contributed by atoms with Crippen LogP contribution in [0.4, 0.5) is 0 Å². The number of allylic oxidation sites excluding steroid dienone is 2. The first-order chi connectivity index (χ1) is 40.5. The molecule has 486 valence electrons. The number of esters is 3. The fourth-order valence-electron chi connectivity index (χ4n) is 11.9. The van der Waals surface area contributed by atoms with Gasteiger partial charge < -0.3 is 14.2 Å². The fraction of sp³-hybridized carbons (Fsp3) is 0.934. The molecule has 1 unspecified atom stereocenters. The maximum Gasteiger partial charge on any atom is 0.306 e. The van der Waals surface area contributed by atoms with Crippen LogP contribution in [0.1, 0.15) is 438 Å². The molecule has 0 aliphatic carbocycles. The maximum absolute atomic E-state index is 12.9. The summed E-state index contributed by atoms with van der Waals surface area (Å²) in [5, 5.41) is 0. The summed E-state index contributed by atoms with van der Waals surface area (Å²) < 4.78 is 16.9. The molecular weight excluding hydrogens is 1010 g/mol. The molecule has 0 aliphatic heterocycles. The van der Waals surface area contributed by atoms with Gasteiger partial charge in [-0.1, -0.05) is 386 Å². The van der Waals surface area contributed by atoms with Crippen molar-refractivity contribution in [2.75, 3.05) is 13.2 Å². The van der Waals surface area contributed by atoms with E-state index in [2.05, 4.69) is 32.9 Å². The van der Waals surface area contributed by atoms with E-state index in [1.165, 1.54) is 334 Å². The average Bonchev–Trinajstić information content (AvgIpc) is 3.48. The molecule has 82 heavy (non-hydrogen) atoms. The Balaban J connectivity index is 3.87. The van der Waals surface area contributed by atoms with Crippen LogP contribution in [0.2, 0.25) is 0 Å². The largest absolute Gasteiger partial charge is 0.462 e. The van der Waals surface area contributed by atoms with Gasteiger partial charge in [-0.3, -0.25) is 14.4 Å². The molecule has 6 nitrogen and oxygen atoms in total. The molecule has 0 saturated carbocycles. The first kappa shape index (κ1) is 80.2. The number of rotatable bonds is 71. The summed E-state index contributed by atoms with van der Waals surface area (Å²) in [5.41, 5.74) is 0. The Hall–Kier alpha value is -1.85. The van der Waals surface area contributed by atoms with Gasteiger partial charge in [-0.05, 0) is 44.9 Å². The lowest BCUT2D eigenvalue weighted by Crippen LogP contribution is -2.30. The van der Waals surface area contributed by atoms with E-state index in [0.717, 1.165) is 64.2 Å². The topological polar surface area (TPSA) is 78.9 Å². The molecular formula is C76H146O6. The highest BCUT2D eigenvalue weighted by molar-refractivity contribution is 5.71. The number of hydrogen-bond donors (Lipinski definition) is 0. The van der Waals surface area contributed by atoms with Crippen LogP contribution < -0.4 is 0 Å². The van der Waals surface area contributed by atoms with Crippen molar-refractivity contribution < 1.29 is 28.6 Å². The quantitative estimate of drug-likeness (QED) is 0.0261. The minimum absolute atomic E-state index is 0.0635. The minimum Gasteiger partial charge on any atom is -0.462 e. The van der Waals surface area contributed by atoms with Gasteiger partial charge in [-0.25, -0.2) is 0 Å². The third-order valence-electron chi connectivity index (χ3n) is 17.5. The average molecular weight is 1160 g/mol. The zero-order valence-corrected chi connectivity index (χ0v) is 56.1. The van der Waals surface area contributed by atoms with Gasteiger partial charge in [0.2, 0.25) is 0 Å². The molecule has 0 amide bonds. The molecule has 0 aliphatic rings. The zero-order valence-electron chi connectivity index (χ0n) is 56.1. The van der Waals surface area contributed by atoms with Crippen molar-refractivity contribution in [1.29, 1.82) is 0 Å². The van der Waals surface area contributed by atoms with Crippen molar-refractivity contribution in [2.24, 2.45) is 0 Å². The van der Waals surface area contributed by atoms with Gasteiger partial charge in [0.25, 0.3) is 0 Å². The Morgan fingerprint density at radius 1 is 0.232 bits per heavy atom. The van der Waals surface area contributed by atoms with E-state index < -0.39 is 6.10 Å². The van der Waals surface area contributed by atoms with Crippen molar-refractivity contribution in [3.05, 3.63) is 12.2 Å². The van der Waals surface area contributed by atoms with Crippen LogP contribution in [0.15, 0.2) is 12.2 Å². The van der Waals surface area contributed by atoms with Gasteiger partial charge in [0.15, 0.2) is 6.10 Å². The normalized spacial score (nSPS) is 12.0. The van der Waals surface area contributed by atoms with Crippen molar-refractivity contribution in [2.45, 2.75) is 444 Å². The van der Waals surface area contributed by atoms with E-state index in [-0.39, 0.29) is 31.1 Å². The maximum atomic E-state index is 12.9. The summed E-state index contributed by atoms with van der Waals surface area (Å²) in [6, 6.07) is 0. The fourth-order valence-corrected chi connectivity index (χ4v) is 11.9. The Morgan fingerprint density at radius 2 is 0.402 bits per heavy atom. The predicted molar refractivity (Wildman–Crippen MR) is 358 cm³/mol. The highest BCUT2D eigenvalue weighted by atomic mass is 16.6. The van der Waals surface area contributed by atoms with Gasteiger partial charge in [0.05, 0.1) is 0 Å². The Kier molecular flexibility index (Phi) is 70.0. The second-order valence-electron chi connectivity index (χ2n) is 25.9. The van der Waals surface area contributed by atoms with E-state index in [4.69, 9.17) is 14.2 Å². The molecule has 0 aromatic carbocycles. The predicted octanol–water partition coefficient (Wildman–Crippen LogP) is 26.0. The number of ether oxygens (including phenoxy) is 3. The first-order valence-corrected chi connectivity index (χ1v) is 37.7. The third-order valence-corrected chi connectivity index (χ3v) is 17.5. The van der Waals surface area contributed by atoms with Crippen LogP contribution in [0.25, 0.3) is 0 Å². The van der Waals surface area contributed by atoms with Crippen LogP contribution in [-0.2, 0) is 28.6 Å². The van der Waals surface area contributed by atoms with Gasteiger partial charge in [-0.2, -0.15) is 0 Å². The molecule has 0 radical (unpaired) electrons. The van der Waals surface area contributed by atoms with Gasteiger partial charge in [0, 0.05) is 19.3 Å². The molecule has 0 saturated heterocycles. The summed E-state index contributed by atoms with van der Waals surface area (Å²) >= 11 is 0. The smallest absolute Gasteiger partial charge is 0.306 e. The molecule has 0 rings (SSSR count). The van der Waals surface area contributed by atoms with Gasteiger partial charge in [0.1, 0.15) is 13.2 Å². The highest BCUT2D eigenvalue weighted by Gasteiger charge is 2.20. The summed E-state index contributed by atoms with van der Waals surface area (Å²) in [7, 11) is 0.